The van der Waals surface area contributed by atoms with E-state index in [9.17, 15) is 13.2 Å². The fraction of sp³-hybridized carbons (Fsp3) is 0.455. The normalized spacial score (nSPS) is 9.11. The van der Waals surface area contributed by atoms with Crippen molar-refractivity contribution in [3.8, 4) is 6.07 Å². The molecule has 102 valence electrons. The van der Waals surface area contributed by atoms with Crippen LogP contribution in [0.1, 0.15) is 29.1 Å². The fourth-order valence-electron chi connectivity index (χ4n) is 0.804. The van der Waals surface area contributed by atoms with E-state index in [4.69, 9.17) is 5.26 Å². The van der Waals surface area contributed by atoms with Crippen LogP contribution in [0, 0.1) is 11.3 Å². The van der Waals surface area contributed by atoms with Gasteiger partial charge in [0.1, 0.15) is 10.3 Å². The highest BCUT2D eigenvalue weighted by molar-refractivity contribution is 7.92. The molecule has 1 rings (SSSR count). The van der Waals surface area contributed by atoms with E-state index in [0.717, 1.165) is 17.6 Å². The van der Waals surface area contributed by atoms with Crippen molar-refractivity contribution in [1.29, 1.82) is 5.26 Å². The molecule has 0 saturated heterocycles. The van der Waals surface area contributed by atoms with Gasteiger partial charge in [0.25, 0.3) is 0 Å². The van der Waals surface area contributed by atoms with Crippen molar-refractivity contribution in [3.63, 3.8) is 0 Å². The van der Waals surface area contributed by atoms with Gasteiger partial charge in [-0.3, -0.25) is 4.79 Å². The van der Waals surface area contributed by atoms with Gasteiger partial charge < -0.3 is 4.74 Å². The van der Waals surface area contributed by atoms with Crippen molar-refractivity contribution in [3.05, 3.63) is 16.5 Å². The van der Waals surface area contributed by atoms with E-state index in [0.29, 0.717) is 6.29 Å². The van der Waals surface area contributed by atoms with Crippen molar-refractivity contribution in [2.24, 2.45) is 0 Å². The molecule has 0 saturated carbocycles. The highest BCUT2D eigenvalue weighted by atomic mass is 32.2. The van der Waals surface area contributed by atoms with E-state index in [2.05, 4.69) is 4.74 Å². The van der Waals surface area contributed by atoms with Crippen LogP contribution in [-0.4, -0.2) is 35.2 Å². The maximum Gasteiger partial charge on any atom is 0.186 e. The van der Waals surface area contributed by atoms with Gasteiger partial charge in [-0.1, -0.05) is 13.8 Å². The van der Waals surface area contributed by atoms with Crippen molar-refractivity contribution >= 4 is 27.5 Å². The quantitative estimate of drug-likeness (QED) is 0.779. The zero-order valence-corrected chi connectivity index (χ0v) is 12.7. The lowest BCUT2D eigenvalue weighted by molar-refractivity contribution is 0.112. The third-order valence-corrected chi connectivity index (χ3v) is 4.20. The van der Waals surface area contributed by atoms with E-state index in [1.807, 2.05) is 13.8 Å². The Hall–Kier alpha value is -1.23. The fourth-order valence-corrected chi connectivity index (χ4v) is 2.86. The van der Waals surface area contributed by atoms with Crippen LogP contribution in [0.4, 0.5) is 0 Å². The highest BCUT2D eigenvalue weighted by Gasteiger charge is 2.17. The standard InChI is InChI=1S/C7H5NO3S2.C2H6O.C2H6/c1-13(10,11)7-5(3-8)2-6(4-9)12-7;1-3-2;1-2/h2,4H,1H3;1-2H3;1-2H3. The first-order valence-corrected chi connectivity index (χ1v) is 7.70. The van der Waals surface area contributed by atoms with E-state index in [1.54, 1.807) is 20.3 Å². The molecule has 0 amide bonds. The first-order valence-electron chi connectivity index (χ1n) is 5.00. The lowest BCUT2D eigenvalue weighted by Crippen LogP contribution is -1.95. The first-order chi connectivity index (χ1) is 8.40. The Kier molecular flexibility index (Phi) is 10.4. The minimum atomic E-state index is -3.40. The van der Waals surface area contributed by atoms with Crippen LogP contribution in [0.3, 0.4) is 0 Å². The molecule has 0 aliphatic heterocycles. The number of ether oxygens (including phenoxy) is 1. The van der Waals surface area contributed by atoms with Crippen LogP contribution in [0.2, 0.25) is 0 Å². The molecule has 18 heavy (non-hydrogen) atoms. The average molecular weight is 291 g/mol. The molecule has 1 heterocycles. The molecule has 0 aliphatic rings. The van der Waals surface area contributed by atoms with Crippen LogP contribution in [0.15, 0.2) is 10.3 Å². The second-order valence-electron chi connectivity index (χ2n) is 2.76. The Bertz CT molecular complexity index is 498. The zero-order valence-electron chi connectivity index (χ0n) is 11.1. The number of rotatable bonds is 2. The van der Waals surface area contributed by atoms with Crippen molar-refractivity contribution in [1.82, 2.24) is 0 Å². The molecule has 0 aliphatic carbocycles. The Balaban J connectivity index is 0. The summed E-state index contributed by atoms with van der Waals surface area (Å²) in [7, 11) is -0.148. The second-order valence-corrected chi connectivity index (χ2v) is 6.05. The minimum absolute atomic E-state index is 0.0367. The van der Waals surface area contributed by atoms with Gasteiger partial charge >= 0.3 is 0 Å². The monoisotopic (exact) mass is 291 g/mol. The Morgan fingerprint density at radius 2 is 1.83 bits per heavy atom. The topological polar surface area (TPSA) is 84.2 Å². The van der Waals surface area contributed by atoms with E-state index >= 15 is 0 Å². The Labute approximate surface area is 112 Å². The highest BCUT2D eigenvalue weighted by Crippen LogP contribution is 2.25. The molecule has 5 nitrogen and oxygen atoms in total. The molecule has 0 N–H and O–H groups in total. The summed E-state index contributed by atoms with van der Waals surface area (Å²) in [5.41, 5.74) is 0.0367. The van der Waals surface area contributed by atoms with Crippen LogP contribution in [-0.2, 0) is 14.6 Å². The molecule has 0 bridgehead atoms. The van der Waals surface area contributed by atoms with Crippen LogP contribution in [0.25, 0.3) is 0 Å². The van der Waals surface area contributed by atoms with Crippen molar-refractivity contribution in [2.45, 2.75) is 18.1 Å². The molecule has 0 atom stereocenters. The summed E-state index contributed by atoms with van der Waals surface area (Å²) in [6.07, 6.45) is 1.54. The lowest BCUT2D eigenvalue weighted by atomic mass is 10.3. The van der Waals surface area contributed by atoms with Crippen LogP contribution in [0.5, 0.6) is 0 Å². The van der Waals surface area contributed by atoms with Gasteiger partial charge in [-0.15, -0.1) is 11.3 Å². The molecular formula is C11H17NO4S2. The molecule has 1 aromatic heterocycles. The summed E-state index contributed by atoms with van der Waals surface area (Å²) in [5.74, 6) is 0. The summed E-state index contributed by atoms with van der Waals surface area (Å²) < 4.78 is 26.4. The average Bonchev–Trinajstić information content (AvgIpc) is 2.75. The van der Waals surface area contributed by atoms with Gasteiger partial charge in [0.15, 0.2) is 16.1 Å². The summed E-state index contributed by atoms with van der Waals surface area (Å²) >= 11 is 0.812. The molecule has 0 aromatic carbocycles. The lowest BCUT2D eigenvalue weighted by Gasteiger charge is -1.90. The van der Waals surface area contributed by atoms with Gasteiger partial charge in [-0.2, -0.15) is 5.26 Å². The largest absolute Gasteiger partial charge is 0.388 e. The molecular weight excluding hydrogens is 274 g/mol. The van der Waals surface area contributed by atoms with Crippen molar-refractivity contribution < 1.29 is 17.9 Å². The number of hydrogen-bond acceptors (Lipinski definition) is 6. The summed E-state index contributed by atoms with van der Waals surface area (Å²) in [6, 6.07) is 3.00. The first kappa shape index (κ1) is 19.1. The van der Waals surface area contributed by atoms with Gasteiger partial charge in [0.2, 0.25) is 0 Å². The molecule has 0 fully saturated rings. The summed E-state index contributed by atoms with van der Waals surface area (Å²) in [5, 5.41) is 8.57. The van der Waals surface area contributed by atoms with E-state index in [-0.39, 0.29) is 14.6 Å². The van der Waals surface area contributed by atoms with E-state index in [1.165, 1.54) is 6.07 Å². The third kappa shape index (κ3) is 6.49. The predicted octanol–water partition coefficient (Wildman–Crippen LogP) is 2.12. The van der Waals surface area contributed by atoms with E-state index < -0.39 is 9.84 Å². The molecule has 0 spiro atoms. The maximum absolute atomic E-state index is 11.1. The predicted molar refractivity (Wildman–Crippen MR) is 71.8 cm³/mol. The molecule has 7 heteroatoms. The molecule has 0 radical (unpaired) electrons. The number of aldehydes is 1. The SMILES string of the molecule is CC.COC.CS(=O)(=O)c1sc(C=O)cc1C#N. The third-order valence-electron chi connectivity index (χ3n) is 1.29. The zero-order chi connectivity index (χ0) is 14.8. The van der Waals surface area contributed by atoms with Gasteiger partial charge in [0, 0.05) is 20.5 Å². The van der Waals surface area contributed by atoms with Crippen LogP contribution < -0.4 is 0 Å². The number of hydrogen-bond donors (Lipinski definition) is 0. The number of carbonyl (C=O) groups is 1. The smallest absolute Gasteiger partial charge is 0.186 e. The Morgan fingerprint density at radius 3 is 2.06 bits per heavy atom. The molecule has 1 aromatic rings. The van der Waals surface area contributed by atoms with Gasteiger partial charge in [-0.05, 0) is 6.07 Å². The number of thiophene rings is 1. The maximum atomic E-state index is 11.1. The summed E-state index contributed by atoms with van der Waals surface area (Å²) in [4.78, 5) is 10.6. The van der Waals surface area contributed by atoms with Crippen LogP contribution >= 0.6 is 11.3 Å². The number of carbonyl (C=O) groups excluding carboxylic acids is 1. The Morgan fingerprint density at radius 1 is 1.39 bits per heavy atom. The number of methoxy groups -OCH3 is 1. The minimum Gasteiger partial charge on any atom is -0.388 e. The molecule has 0 unspecified atom stereocenters. The van der Waals surface area contributed by atoms with Crippen molar-refractivity contribution in [2.75, 3.05) is 20.5 Å². The second kappa shape index (κ2) is 9.76. The van der Waals surface area contributed by atoms with Gasteiger partial charge in [0.05, 0.1) is 10.4 Å². The number of sulfone groups is 1. The summed E-state index contributed by atoms with van der Waals surface area (Å²) in [6.45, 7) is 4.00. The number of nitrogens with zero attached hydrogens (tertiary/aromatic N) is 1. The van der Waals surface area contributed by atoms with Gasteiger partial charge in [-0.25, -0.2) is 8.42 Å². The number of nitriles is 1.